The number of aliphatic hydroxyl groups excluding tert-OH is 3. The van der Waals surface area contributed by atoms with Gasteiger partial charge in [0.25, 0.3) is 0 Å². The van der Waals surface area contributed by atoms with Crippen molar-refractivity contribution < 1.29 is 39.1 Å². The third-order valence-corrected chi connectivity index (χ3v) is 9.92. The molecule has 47 heavy (non-hydrogen) atoms. The monoisotopic (exact) mass is 667 g/mol. The van der Waals surface area contributed by atoms with Crippen LogP contribution in [0, 0.1) is 0 Å². The van der Waals surface area contributed by atoms with Gasteiger partial charge in [-0.2, -0.15) is 0 Å². The van der Waals surface area contributed by atoms with Crippen LogP contribution < -0.4 is 0 Å². The van der Waals surface area contributed by atoms with E-state index in [1.165, 1.54) is 58.3 Å². The molecule has 0 saturated carbocycles. The van der Waals surface area contributed by atoms with E-state index in [-0.39, 0.29) is 42.5 Å². The molecule has 0 unspecified atom stereocenters. The summed E-state index contributed by atoms with van der Waals surface area (Å²) in [5.41, 5.74) is 0.809. The molecule has 1 fully saturated rings. The smallest absolute Gasteiger partial charge is 0.334 e. The SMILES string of the molecule is CCCCCCCCCCCC[C@@H](O)[C@H]1CC[C@H]([C@H](O)C[C@H](CCCC[C@H](O)CCCCCCCC2=C[C@H](C)OC2=O)OC(C)=O)O1. The molecule has 0 aliphatic carbocycles. The first-order valence-corrected chi connectivity index (χ1v) is 19.5. The van der Waals surface area contributed by atoms with Crippen LogP contribution in [-0.2, 0) is 23.8 Å². The van der Waals surface area contributed by atoms with Crippen molar-refractivity contribution in [3.8, 4) is 0 Å². The van der Waals surface area contributed by atoms with Gasteiger partial charge in [-0.05, 0) is 70.8 Å². The molecular formula is C39H70O8. The molecule has 2 heterocycles. The van der Waals surface area contributed by atoms with Crippen LogP contribution in [0.2, 0.25) is 0 Å². The normalized spacial score (nSPS) is 22.1. The van der Waals surface area contributed by atoms with Crippen molar-refractivity contribution in [2.24, 2.45) is 0 Å². The minimum Gasteiger partial charge on any atom is -0.462 e. The lowest BCUT2D eigenvalue weighted by Crippen LogP contribution is -2.34. The zero-order valence-corrected chi connectivity index (χ0v) is 30.2. The summed E-state index contributed by atoms with van der Waals surface area (Å²) in [6.45, 7) is 5.53. The first-order valence-electron chi connectivity index (χ1n) is 19.5. The first kappa shape index (κ1) is 41.7. The van der Waals surface area contributed by atoms with Gasteiger partial charge >= 0.3 is 11.9 Å². The van der Waals surface area contributed by atoms with E-state index in [4.69, 9.17) is 14.2 Å². The topological polar surface area (TPSA) is 123 Å². The van der Waals surface area contributed by atoms with E-state index < -0.39 is 12.2 Å². The fraction of sp³-hybridized carbons (Fsp3) is 0.897. The molecule has 0 spiro atoms. The standard InChI is InChI=1S/C39H70O8/c1-4-5-6-7-8-9-10-11-15-18-25-35(42)37-26-27-38(47-37)36(43)29-34(46-31(3)40)24-20-19-23-33(41)22-17-14-12-13-16-21-32-28-30(2)45-39(32)44/h28,30,33-38,41-43H,4-27,29H2,1-3H3/t30-,33+,34-,35+,36+,37+,38+/m0/s1. The van der Waals surface area contributed by atoms with Crippen LogP contribution in [0.15, 0.2) is 11.6 Å². The van der Waals surface area contributed by atoms with E-state index in [9.17, 15) is 24.9 Å². The van der Waals surface area contributed by atoms with Gasteiger partial charge < -0.3 is 29.5 Å². The van der Waals surface area contributed by atoms with Crippen molar-refractivity contribution in [1.82, 2.24) is 0 Å². The molecule has 0 bridgehead atoms. The Morgan fingerprint density at radius 3 is 1.85 bits per heavy atom. The van der Waals surface area contributed by atoms with Crippen molar-refractivity contribution >= 4 is 11.9 Å². The van der Waals surface area contributed by atoms with Gasteiger partial charge in [-0.15, -0.1) is 0 Å². The van der Waals surface area contributed by atoms with Crippen molar-refractivity contribution in [2.75, 3.05) is 0 Å². The minimum atomic E-state index is -0.744. The first-order chi connectivity index (χ1) is 22.7. The molecule has 1 saturated heterocycles. The molecule has 7 atom stereocenters. The third-order valence-electron chi connectivity index (χ3n) is 9.92. The summed E-state index contributed by atoms with van der Waals surface area (Å²) in [6, 6.07) is 0. The predicted molar refractivity (Wildman–Crippen MR) is 187 cm³/mol. The highest BCUT2D eigenvalue weighted by Crippen LogP contribution is 2.29. The summed E-state index contributed by atoms with van der Waals surface area (Å²) < 4.78 is 16.8. The molecule has 0 aromatic heterocycles. The molecule has 0 amide bonds. The van der Waals surface area contributed by atoms with Crippen molar-refractivity contribution in [1.29, 1.82) is 0 Å². The second kappa shape index (κ2) is 25.5. The number of cyclic esters (lactones) is 1. The van der Waals surface area contributed by atoms with Gasteiger partial charge in [-0.25, -0.2) is 4.79 Å². The van der Waals surface area contributed by atoms with Gasteiger partial charge in [0.05, 0.1) is 30.5 Å². The Labute approximate surface area is 286 Å². The van der Waals surface area contributed by atoms with Gasteiger partial charge in [-0.1, -0.05) is 103 Å². The maximum Gasteiger partial charge on any atom is 0.334 e. The second-order valence-corrected chi connectivity index (χ2v) is 14.4. The Bertz CT molecular complexity index is 860. The van der Waals surface area contributed by atoms with Crippen molar-refractivity contribution in [2.45, 2.75) is 224 Å². The summed E-state index contributed by atoms with van der Waals surface area (Å²) in [6.07, 6.45) is 24.3. The number of carbonyl (C=O) groups excluding carboxylic acids is 2. The Kier molecular flexibility index (Phi) is 22.6. The lowest BCUT2D eigenvalue weighted by Gasteiger charge is -2.25. The number of unbranched alkanes of at least 4 members (excludes halogenated alkanes) is 14. The number of aliphatic hydroxyl groups is 3. The molecule has 2 aliphatic rings. The molecule has 8 heteroatoms. The Morgan fingerprint density at radius 2 is 1.28 bits per heavy atom. The molecule has 3 N–H and O–H groups in total. The van der Waals surface area contributed by atoms with Crippen LogP contribution in [0.3, 0.4) is 0 Å². The quantitative estimate of drug-likeness (QED) is 0.0537. The summed E-state index contributed by atoms with van der Waals surface area (Å²) in [5, 5.41) is 32.1. The Balaban J connectivity index is 1.52. The summed E-state index contributed by atoms with van der Waals surface area (Å²) in [4.78, 5) is 23.4. The lowest BCUT2D eigenvalue weighted by molar-refractivity contribution is -0.150. The highest BCUT2D eigenvalue weighted by Gasteiger charge is 2.35. The van der Waals surface area contributed by atoms with Crippen molar-refractivity contribution in [3.63, 3.8) is 0 Å². The van der Waals surface area contributed by atoms with E-state index in [1.54, 1.807) is 0 Å². The molecule has 274 valence electrons. The molecule has 0 aromatic rings. The van der Waals surface area contributed by atoms with Gasteiger partial charge in [-0.3, -0.25) is 4.79 Å². The van der Waals surface area contributed by atoms with Crippen LogP contribution in [0.1, 0.15) is 181 Å². The van der Waals surface area contributed by atoms with E-state index >= 15 is 0 Å². The number of carbonyl (C=O) groups is 2. The van der Waals surface area contributed by atoms with Gasteiger partial charge in [0.2, 0.25) is 0 Å². The van der Waals surface area contributed by atoms with E-state index in [0.29, 0.717) is 25.7 Å². The van der Waals surface area contributed by atoms with E-state index in [1.807, 2.05) is 13.0 Å². The summed E-state index contributed by atoms with van der Waals surface area (Å²) in [7, 11) is 0. The molecule has 0 radical (unpaired) electrons. The number of hydrogen-bond donors (Lipinski definition) is 3. The van der Waals surface area contributed by atoms with Crippen LogP contribution in [0.4, 0.5) is 0 Å². The highest BCUT2D eigenvalue weighted by molar-refractivity contribution is 5.90. The van der Waals surface area contributed by atoms with Crippen LogP contribution in [-0.4, -0.2) is 70.0 Å². The Hall–Kier alpha value is -1.48. The van der Waals surface area contributed by atoms with Crippen LogP contribution >= 0.6 is 0 Å². The van der Waals surface area contributed by atoms with Gasteiger partial charge in [0.1, 0.15) is 12.2 Å². The summed E-state index contributed by atoms with van der Waals surface area (Å²) in [5.74, 6) is -0.522. The average molecular weight is 667 g/mol. The summed E-state index contributed by atoms with van der Waals surface area (Å²) >= 11 is 0. The van der Waals surface area contributed by atoms with E-state index in [0.717, 1.165) is 89.0 Å². The van der Waals surface area contributed by atoms with Crippen molar-refractivity contribution in [3.05, 3.63) is 11.6 Å². The molecular weight excluding hydrogens is 596 g/mol. The van der Waals surface area contributed by atoms with Crippen LogP contribution in [0.25, 0.3) is 0 Å². The lowest BCUT2D eigenvalue weighted by atomic mass is 9.98. The maximum atomic E-state index is 11.8. The number of esters is 2. The fourth-order valence-corrected chi connectivity index (χ4v) is 7.10. The average Bonchev–Trinajstić information content (AvgIpc) is 3.65. The number of rotatable bonds is 29. The Morgan fingerprint density at radius 1 is 0.766 bits per heavy atom. The number of ether oxygens (including phenoxy) is 3. The van der Waals surface area contributed by atoms with Crippen LogP contribution in [0.5, 0.6) is 0 Å². The van der Waals surface area contributed by atoms with E-state index in [2.05, 4.69) is 6.92 Å². The van der Waals surface area contributed by atoms with Gasteiger partial charge in [0, 0.05) is 18.9 Å². The maximum absolute atomic E-state index is 11.8. The molecule has 2 rings (SSSR count). The van der Waals surface area contributed by atoms with Gasteiger partial charge in [0.15, 0.2) is 0 Å². The molecule has 0 aromatic carbocycles. The zero-order chi connectivity index (χ0) is 34.3. The second-order valence-electron chi connectivity index (χ2n) is 14.4. The number of hydrogen-bond acceptors (Lipinski definition) is 8. The largest absolute Gasteiger partial charge is 0.462 e. The zero-order valence-electron chi connectivity index (χ0n) is 30.2. The fourth-order valence-electron chi connectivity index (χ4n) is 7.10. The minimum absolute atomic E-state index is 0.0951. The predicted octanol–water partition coefficient (Wildman–Crippen LogP) is 8.41. The highest BCUT2D eigenvalue weighted by atomic mass is 16.6. The molecule has 8 nitrogen and oxygen atoms in total. The molecule has 2 aliphatic heterocycles. The third kappa shape index (κ3) is 19.3.